The number of rotatable bonds is 6. The average Bonchev–Trinajstić information content (AvgIpc) is 2.22. The maximum absolute atomic E-state index is 13.0. The Kier molecular flexibility index (Phi) is 5.55. The Hall–Kier alpha value is -0.660. The van der Waals surface area contributed by atoms with Gasteiger partial charge in [-0.15, -0.1) is 0 Å². The van der Waals surface area contributed by atoms with Gasteiger partial charge in [0.25, 0.3) is 0 Å². The minimum Gasteiger partial charge on any atom is -0.313 e. The highest BCUT2D eigenvalue weighted by Gasteiger charge is 2.12. The molecule has 0 aromatic heterocycles. The first-order valence-electron chi connectivity index (χ1n) is 5.49. The molecule has 0 bridgehead atoms. The van der Waals surface area contributed by atoms with Crippen LogP contribution in [0.5, 0.6) is 0 Å². The van der Waals surface area contributed by atoms with Crippen LogP contribution in [0.15, 0.2) is 22.7 Å². The molecule has 0 unspecified atom stereocenters. The van der Waals surface area contributed by atoms with E-state index in [0.29, 0.717) is 11.0 Å². The van der Waals surface area contributed by atoms with Crippen LogP contribution in [0.4, 0.5) is 10.1 Å². The SMILES string of the molecule is CC(C)NCCS(=O)(=O)Nc1cc(F)ccc1Br. The van der Waals surface area contributed by atoms with Crippen LogP contribution in [0.2, 0.25) is 0 Å². The summed E-state index contributed by atoms with van der Waals surface area (Å²) in [6.45, 7) is 4.21. The highest BCUT2D eigenvalue weighted by Crippen LogP contribution is 2.23. The third-order valence-corrected chi connectivity index (χ3v) is 4.08. The minimum atomic E-state index is -3.48. The van der Waals surface area contributed by atoms with Crippen LogP contribution in [0.1, 0.15) is 13.8 Å². The molecule has 4 nitrogen and oxygen atoms in total. The highest BCUT2D eigenvalue weighted by molar-refractivity contribution is 9.10. The number of anilines is 1. The van der Waals surface area contributed by atoms with Crippen LogP contribution in [0, 0.1) is 5.82 Å². The van der Waals surface area contributed by atoms with Crippen LogP contribution in [0.3, 0.4) is 0 Å². The molecule has 0 saturated carbocycles. The summed E-state index contributed by atoms with van der Waals surface area (Å²) in [6, 6.07) is 4.07. The molecule has 0 radical (unpaired) electrons. The molecule has 0 fully saturated rings. The molecule has 102 valence electrons. The average molecular weight is 339 g/mol. The van der Waals surface area contributed by atoms with Crippen molar-refractivity contribution in [3.8, 4) is 0 Å². The van der Waals surface area contributed by atoms with E-state index in [1.165, 1.54) is 12.1 Å². The monoisotopic (exact) mass is 338 g/mol. The van der Waals surface area contributed by atoms with Gasteiger partial charge in [0.15, 0.2) is 0 Å². The van der Waals surface area contributed by atoms with E-state index in [1.54, 1.807) is 0 Å². The van der Waals surface area contributed by atoms with Crippen molar-refractivity contribution in [1.29, 1.82) is 0 Å². The zero-order valence-electron chi connectivity index (χ0n) is 10.2. The van der Waals surface area contributed by atoms with Gasteiger partial charge in [-0.25, -0.2) is 12.8 Å². The van der Waals surface area contributed by atoms with Gasteiger partial charge < -0.3 is 5.32 Å². The zero-order chi connectivity index (χ0) is 13.8. The number of hydrogen-bond acceptors (Lipinski definition) is 3. The summed E-state index contributed by atoms with van der Waals surface area (Å²) in [6.07, 6.45) is 0. The fourth-order valence-electron chi connectivity index (χ4n) is 1.28. The Morgan fingerprint density at radius 2 is 2.06 bits per heavy atom. The van der Waals surface area contributed by atoms with Gasteiger partial charge in [-0.05, 0) is 34.1 Å². The summed E-state index contributed by atoms with van der Waals surface area (Å²) in [5.74, 6) is -0.551. The third-order valence-electron chi connectivity index (χ3n) is 2.12. The summed E-state index contributed by atoms with van der Waals surface area (Å²) in [5, 5.41) is 3.01. The van der Waals surface area contributed by atoms with Gasteiger partial charge in [-0.3, -0.25) is 4.72 Å². The predicted octanol–water partition coefficient (Wildman–Crippen LogP) is 2.33. The summed E-state index contributed by atoms with van der Waals surface area (Å²) in [4.78, 5) is 0. The standard InChI is InChI=1S/C11H16BrFN2O2S/c1-8(2)14-5-6-18(16,17)15-11-7-9(13)3-4-10(11)12/h3-4,7-8,14-15H,5-6H2,1-2H3. The summed E-state index contributed by atoms with van der Waals surface area (Å²) >= 11 is 3.17. The van der Waals surface area contributed by atoms with Crippen molar-refractivity contribution >= 4 is 31.6 Å². The number of sulfonamides is 1. The molecule has 0 atom stereocenters. The first-order chi connectivity index (χ1) is 8.30. The Bertz CT molecular complexity index is 506. The van der Waals surface area contributed by atoms with Crippen molar-refractivity contribution in [1.82, 2.24) is 5.32 Å². The predicted molar refractivity (Wildman–Crippen MR) is 74.6 cm³/mol. The van der Waals surface area contributed by atoms with Crippen molar-refractivity contribution in [3.05, 3.63) is 28.5 Å². The quantitative estimate of drug-likeness (QED) is 0.836. The Balaban J connectivity index is 2.67. The van der Waals surface area contributed by atoms with Crippen molar-refractivity contribution in [3.63, 3.8) is 0 Å². The maximum atomic E-state index is 13.0. The van der Waals surface area contributed by atoms with E-state index in [9.17, 15) is 12.8 Å². The van der Waals surface area contributed by atoms with Gasteiger partial charge >= 0.3 is 0 Å². The van der Waals surface area contributed by atoms with Gasteiger partial charge in [-0.1, -0.05) is 13.8 Å². The van der Waals surface area contributed by atoms with E-state index in [1.807, 2.05) is 13.8 Å². The van der Waals surface area contributed by atoms with Crippen LogP contribution in [0.25, 0.3) is 0 Å². The second-order valence-corrected chi connectivity index (χ2v) is 6.85. The molecule has 0 aliphatic carbocycles. The molecule has 1 rings (SSSR count). The van der Waals surface area contributed by atoms with Crippen LogP contribution >= 0.6 is 15.9 Å². The zero-order valence-corrected chi connectivity index (χ0v) is 12.6. The van der Waals surface area contributed by atoms with E-state index in [-0.39, 0.29) is 17.5 Å². The van der Waals surface area contributed by atoms with Gasteiger partial charge in [-0.2, -0.15) is 0 Å². The largest absolute Gasteiger partial charge is 0.313 e. The van der Waals surface area contributed by atoms with Gasteiger partial charge in [0, 0.05) is 17.1 Å². The van der Waals surface area contributed by atoms with Crippen LogP contribution < -0.4 is 10.0 Å². The van der Waals surface area contributed by atoms with E-state index < -0.39 is 15.8 Å². The maximum Gasteiger partial charge on any atom is 0.234 e. The van der Waals surface area contributed by atoms with Gasteiger partial charge in [0.05, 0.1) is 11.4 Å². The molecule has 2 N–H and O–H groups in total. The highest BCUT2D eigenvalue weighted by atomic mass is 79.9. The number of halogens is 2. The topological polar surface area (TPSA) is 58.2 Å². The van der Waals surface area contributed by atoms with Crippen molar-refractivity contribution in [2.75, 3.05) is 17.0 Å². The van der Waals surface area contributed by atoms with Crippen molar-refractivity contribution in [2.45, 2.75) is 19.9 Å². The van der Waals surface area contributed by atoms with E-state index in [2.05, 4.69) is 26.0 Å². The Labute approximate surface area is 115 Å². The Morgan fingerprint density at radius 3 is 2.67 bits per heavy atom. The molecule has 7 heteroatoms. The van der Waals surface area contributed by atoms with E-state index in [0.717, 1.165) is 6.07 Å². The first kappa shape index (κ1) is 15.4. The van der Waals surface area contributed by atoms with Crippen molar-refractivity contribution in [2.24, 2.45) is 0 Å². The first-order valence-corrected chi connectivity index (χ1v) is 7.93. The third kappa shape index (κ3) is 5.32. The second kappa shape index (κ2) is 6.49. The number of hydrogen-bond donors (Lipinski definition) is 2. The van der Waals surface area contributed by atoms with Crippen LogP contribution in [-0.2, 0) is 10.0 Å². The van der Waals surface area contributed by atoms with E-state index in [4.69, 9.17) is 0 Å². The van der Waals surface area contributed by atoms with E-state index >= 15 is 0 Å². The summed E-state index contributed by atoms with van der Waals surface area (Å²) in [7, 11) is -3.48. The molecule has 0 spiro atoms. The molecule has 1 aromatic rings. The molecule has 0 aliphatic heterocycles. The molecular weight excluding hydrogens is 323 g/mol. The lowest BCUT2D eigenvalue weighted by molar-refractivity contribution is 0.582. The molecule has 18 heavy (non-hydrogen) atoms. The van der Waals surface area contributed by atoms with Crippen molar-refractivity contribution < 1.29 is 12.8 Å². The molecule has 0 heterocycles. The van der Waals surface area contributed by atoms with Crippen LogP contribution in [-0.4, -0.2) is 26.8 Å². The molecule has 0 amide bonds. The lowest BCUT2D eigenvalue weighted by Gasteiger charge is -2.11. The lowest BCUT2D eigenvalue weighted by Crippen LogP contribution is -2.31. The summed E-state index contributed by atoms with van der Waals surface area (Å²) in [5.41, 5.74) is 0.208. The smallest absolute Gasteiger partial charge is 0.234 e. The van der Waals surface area contributed by atoms with Gasteiger partial charge in [0.1, 0.15) is 5.82 Å². The minimum absolute atomic E-state index is 0.0614. The molecular formula is C11H16BrFN2O2S. The number of benzene rings is 1. The fraction of sp³-hybridized carbons (Fsp3) is 0.455. The molecule has 0 aliphatic rings. The second-order valence-electron chi connectivity index (χ2n) is 4.15. The van der Waals surface area contributed by atoms with Gasteiger partial charge in [0.2, 0.25) is 10.0 Å². The number of nitrogens with one attached hydrogen (secondary N) is 2. The molecule has 1 aromatic carbocycles. The fourth-order valence-corrected chi connectivity index (χ4v) is 2.75. The summed E-state index contributed by atoms with van der Waals surface area (Å²) < 4.78 is 39.4. The Morgan fingerprint density at radius 1 is 1.39 bits per heavy atom. The lowest BCUT2D eigenvalue weighted by atomic mass is 10.3. The molecule has 0 saturated heterocycles. The normalized spacial score (nSPS) is 11.8.